The van der Waals surface area contributed by atoms with Crippen LogP contribution in [0.3, 0.4) is 0 Å². The molecule has 0 aromatic carbocycles. The fourth-order valence-corrected chi connectivity index (χ4v) is 9.96. The molecule has 4 unspecified atom stereocenters. The number of aliphatic hydroxyl groups excluding tert-OH is 1. The third-order valence-electron chi connectivity index (χ3n) is 8.21. The van der Waals surface area contributed by atoms with E-state index in [9.17, 15) is 19.5 Å². The van der Waals surface area contributed by atoms with Crippen molar-refractivity contribution in [2.24, 2.45) is 17.8 Å². The SMILES string of the molecule is C=CCN(C(=O)C1N([C@@H](CO)[C@@H](C)CC)C(=O)[C@@H]2[C@H](C(=O)OCC)[C@H]3SC12CC3Br)C(C)CCC. The summed E-state index contributed by atoms with van der Waals surface area (Å²) >= 11 is 5.38. The normalized spacial score (nSPS) is 33.9. The summed E-state index contributed by atoms with van der Waals surface area (Å²) in [4.78, 5) is 45.2. The Kier molecular flexibility index (Phi) is 9.41. The van der Waals surface area contributed by atoms with E-state index >= 15 is 0 Å². The Balaban J connectivity index is 2.15. The lowest BCUT2D eigenvalue weighted by molar-refractivity contribution is -0.154. The first-order valence-corrected chi connectivity index (χ1v) is 14.8. The van der Waals surface area contributed by atoms with E-state index < -0.39 is 28.7 Å². The van der Waals surface area contributed by atoms with Gasteiger partial charge in [0.25, 0.3) is 0 Å². The van der Waals surface area contributed by atoms with Crippen molar-refractivity contribution in [2.75, 3.05) is 19.8 Å². The summed E-state index contributed by atoms with van der Waals surface area (Å²) < 4.78 is 4.68. The van der Waals surface area contributed by atoms with Crippen LogP contribution in [0.15, 0.2) is 12.7 Å². The first-order chi connectivity index (χ1) is 16.6. The van der Waals surface area contributed by atoms with E-state index in [0.29, 0.717) is 13.0 Å². The zero-order valence-corrected chi connectivity index (χ0v) is 24.0. The first-order valence-electron chi connectivity index (χ1n) is 13.0. The van der Waals surface area contributed by atoms with Crippen LogP contribution in [0.25, 0.3) is 0 Å². The number of alkyl halides is 1. The van der Waals surface area contributed by atoms with Crippen LogP contribution in [-0.2, 0) is 19.1 Å². The molecule has 198 valence electrons. The molecule has 3 aliphatic heterocycles. The average Bonchev–Trinajstić information content (AvgIpc) is 3.41. The number of aliphatic hydroxyl groups is 1. The van der Waals surface area contributed by atoms with Crippen molar-refractivity contribution in [1.29, 1.82) is 0 Å². The number of halogens is 1. The van der Waals surface area contributed by atoms with E-state index in [1.54, 1.807) is 29.7 Å². The van der Waals surface area contributed by atoms with E-state index in [1.165, 1.54) is 0 Å². The fraction of sp³-hybridized carbons (Fsp3) is 0.808. The van der Waals surface area contributed by atoms with E-state index in [0.717, 1.165) is 19.3 Å². The highest BCUT2D eigenvalue weighted by Gasteiger charge is 2.76. The maximum absolute atomic E-state index is 14.4. The van der Waals surface area contributed by atoms with Crippen molar-refractivity contribution in [3.05, 3.63) is 12.7 Å². The van der Waals surface area contributed by atoms with Crippen molar-refractivity contribution < 1.29 is 24.2 Å². The minimum Gasteiger partial charge on any atom is -0.466 e. The molecule has 0 aromatic heterocycles. The highest BCUT2D eigenvalue weighted by Crippen LogP contribution is 2.68. The number of likely N-dealkylation sites (tertiary alicyclic amines) is 1. The zero-order chi connectivity index (χ0) is 26.1. The molecule has 1 N–H and O–H groups in total. The summed E-state index contributed by atoms with van der Waals surface area (Å²) in [7, 11) is 0. The van der Waals surface area contributed by atoms with Crippen LogP contribution < -0.4 is 0 Å². The maximum atomic E-state index is 14.4. The molecular formula is C26H41BrN2O5S. The van der Waals surface area contributed by atoms with Crippen LogP contribution in [0.1, 0.15) is 60.3 Å². The van der Waals surface area contributed by atoms with Gasteiger partial charge in [-0.05, 0) is 32.6 Å². The topological polar surface area (TPSA) is 87.2 Å². The Labute approximate surface area is 222 Å². The largest absolute Gasteiger partial charge is 0.466 e. The van der Waals surface area contributed by atoms with Crippen LogP contribution in [0, 0.1) is 17.8 Å². The molecule has 3 aliphatic rings. The number of rotatable bonds is 12. The number of hydrogen-bond acceptors (Lipinski definition) is 6. The van der Waals surface area contributed by atoms with Crippen LogP contribution in [0.4, 0.5) is 0 Å². The first kappa shape index (κ1) is 28.5. The van der Waals surface area contributed by atoms with Gasteiger partial charge in [0.05, 0.1) is 35.8 Å². The second kappa shape index (κ2) is 11.5. The van der Waals surface area contributed by atoms with Gasteiger partial charge in [-0.1, -0.05) is 55.6 Å². The second-order valence-electron chi connectivity index (χ2n) is 10.2. The fourth-order valence-electron chi connectivity index (χ4n) is 6.38. The highest BCUT2D eigenvalue weighted by molar-refractivity contribution is 9.09. The van der Waals surface area contributed by atoms with Gasteiger partial charge in [0, 0.05) is 22.7 Å². The van der Waals surface area contributed by atoms with Gasteiger partial charge in [0.15, 0.2) is 0 Å². The lowest BCUT2D eigenvalue weighted by Crippen LogP contribution is -2.60. The number of thioether (sulfide) groups is 1. The predicted octanol–water partition coefficient (Wildman–Crippen LogP) is 3.62. The minimum atomic E-state index is -0.750. The molecule has 3 fully saturated rings. The lowest BCUT2D eigenvalue weighted by atomic mass is 9.71. The van der Waals surface area contributed by atoms with Gasteiger partial charge in [0.1, 0.15) is 6.04 Å². The maximum Gasteiger partial charge on any atom is 0.310 e. The standard InChI is InChI=1S/C26H41BrN2O5S/c1-7-11-16(6)28(12-8-2)24(32)22-26-13-17(27)21(35-26)19(25(33)34-10-4)20(26)23(31)29(22)18(14-30)15(5)9-3/h8,15-22,30H,2,7,9-14H2,1,3-6H3/t15-,16?,17?,18-,19-,20-,21-,22?,26?/m0/s1. The molecule has 0 saturated carbocycles. The minimum absolute atomic E-state index is 0.00148. The van der Waals surface area contributed by atoms with Gasteiger partial charge < -0.3 is 19.6 Å². The van der Waals surface area contributed by atoms with E-state index in [-0.39, 0.29) is 53.0 Å². The molecule has 9 heteroatoms. The number of carbonyl (C=O) groups is 3. The van der Waals surface area contributed by atoms with Crippen molar-refractivity contribution in [3.8, 4) is 0 Å². The highest BCUT2D eigenvalue weighted by atomic mass is 79.9. The van der Waals surface area contributed by atoms with Crippen molar-refractivity contribution in [1.82, 2.24) is 9.80 Å². The Morgan fingerprint density at radius 1 is 1.37 bits per heavy atom. The number of carbonyl (C=O) groups excluding carboxylic acids is 3. The van der Waals surface area contributed by atoms with Crippen LogP contribution in [0.5, 0.6) is 0 Å². The molecule has 7 nitrogen and oxygen atoms in total. The van der Waals surface area contributed by atoms with E-state index in [4.69, 9.17) is 4.74 Å². The number of ether oxygens (including phenoxy) is 1. The van der Waals surface area contributed by atoms with Crippen LogP contribution in [-0.4, -0.2) is 85.4 Å². The molecule has 3 heterocycles. The summed E-state index contributed by atoms with van der Waals surface area (Å²) in [6, 6.07) is -1.26. The summed E-state index contributed by atoms with van der Waals surface area (Å²) in [6.07, 6.45) is 4.87. The Bertz CT molecular complexity index is 828. The molecule has 0 aromatic rings. The van der Waals surface area contributed by atoms with E-state index in [1.807, 2.05) is 25.7 Å². The molecule has 2 amide bonds. The molecular weight excluding hydrogens is 532 g/mol. The lowest BCUT2D eigenvalue weighted by Gasteiger charge is -2.42. The quantitative estimate of drug-likeness (QED) is 0.218. The van der Waals surface area contributed by atoms with Crippen LogP contribution >= 0.6 is 27.7 Å². The van der Waals surface area contributed by atoms with Crippen molar-refractivity contribution in [2.45, 2.75) is 93.3 Å². The third kappa shape index (κ3) is 4.70. The molecule has 3 rings (SSSR count). The molecule has 9 atom stereocenters. The van der Waals surface area contributed by atoms with Gasteiger partial charge in [0.2, 0.25) is 11.8 Å². The average molecular weight is 574 g/mol. The molecule has 0 aliphatic carbocycles. The van der Waals surface area contributed by atoms with Gasteiger partial charge in [-0.15, -0.1) is 18.3 Å². The predicted molar refractivity (Wildman–Crippen MR) is 142 cm³/mol. The van der Waals surface area contributed by atoms with Gasteiger partial charge in [-0.2, -0.15) is 0 Å². The monoisotopic (exact) mass is 572 g/mol. The zero-order valence-electron chi connectivity index (χ0n) is 21.6. The van der Waals surface area contributed by atoms with Gasteiger partial charge >= 0.3 is 5.97 Å². The smallest absolute Gasteiger partial charge is 0.310 e. The van der Waals surface area contributed by atoms with Crippen molar-refractivity contribution >= 4 is 45.5 Å². The number of esters is 1. The Morgan fingerprint density at radius 3 is 2.60 bits per heavy atom. The molecule has 35 heavy (non-hydrogen) atoms. The summed E-state index contributed by atoms with van der Waals surface area (Å²) in [5.41, 5.74) is 0. The molecule has 1 spiro atoms. The number of amides is 2. The molecule has 3 saturated heterocycles. The summed E-state index contributed by atoms with van der Waals surface area (Å²) in [5, 5.41) is 10.3. The number of nitrogens with zero attached hydrogens (tertiary/aromatic N) is 2. The van der Waals surface area contributed by atoms with Crippen molar-refractivity contribution in [3.63, 3.8) is 0 Å². The second-order valence-corrected chi connectivity index (χ2v) is 12.9. The molecule has 0 radical (unpaired) electrons. The summed E-state index contributed by atoms with van der Waals surface area (Å²) in [6.45, 7) is 14.2. The molecule has 2 bridgehead atoms. The van der Waals surface area contributed by atoms with Gasteiger partial charge in [-0.3, -0.25) is 14.4 Å². The van der Waals surface area contributed by atoms with Crippen LogP contribution in [0.2, 0.25) is 0 Å². The Morgan fingerprint density at radius 2 is 2.06 bits per heavy atom. The summed E-state index contributed by atoms with van der Waals surface area (Å²) in [5.74, 6) is -1.92. The number of hydrogen-bond donors (Lipinski definition) is 1. The van der Waals surface area contributed by atoms with E-state index in [2.05, 4.69) is 29.4 Å². The van der Waals surface area contributed by atoms with Gasteiger partial charge in [-0.25, -0.2) is 0 Å². The Hall–Kier alpha value is -1.06. The number of fused-ring (bicyclic) bond motifs is 1. The third-order valence-corrected chi connectivity index (χ3v) is 11.4.